The third-order valence-corrected chi connectivity index (χ3v) is 6.56. The molecule has 9 heteroatoms. The van der Waals surface area contributed by atoms with Crippen molar-refractivity contribution in [3.8, 4) is 0 Å². The van der Waals surface area contributed by atoms with Gasteiger partial charge in [0.25, 0.3) is 5.69 Å². The lowest BCUT2D eigenvalue weighted by Gasteiger charge is -2.25. The Morgan fingerprint density at radius 3 is 2.64 bits per heavy atom. The highest BCUT2D eigenvalue weighted by Crippen LogP contribution is 2.30. The van der Waals surface area contributed by atoms with Crippen molar-refractivity contribution in [3.63, 3.8) is 0 Å². The van der Waals surface area contributed by atoms with Gasteiger partial charge < -0.3 is 10.1 Å². The minimum absolute atomic E-state index is 0.0243. The average Bonchev–Trinajstić information content (AvgIpc) is 3.14. The van der Waals surface area contributed by atoms with Crippen LogP contribution in [0.4, 0.5) is 11.4 Å². The molecule has 2 heterocycles. The molecule has 1 aromatic carbocycles. The molecule has 0 radical (unpaired) electrons. The second-order valence-electron chi connectivity index (χ2n) is 6.42. The van der Waals surface area contributed by atoms with Gasteiger partial charge in [0.2, 0.25) is 10.0 Å². The van der Waals surface area contributed by atoms with Crippen molar-refractivity contribution in [3.05, 3.63) is 28.3 Å². The van der Waals surface area contributed by atoms with Crippen LogP contribution in [0.1, 0.15) is 32.1 Å². The van der Waals surface area contributed by atoms with Crippen LogP contribution in [0.2, 0.25) is 0 Å². The molecule has 0 aromatic heterocycles. The van der Waals surface area contributed by atoms with Crippen LogP contribution in [0, 0.1) is 10.1 Å². The van der Waals surface area contributed by atoms with E-state index in [0.717, 1.165) is 38.2 Å². The third-order valence-electron chi connectivity index (χ3n) is 4.66. The number of nitrogens with zero attached hydrogens (tertiary/aromatic N) is 2. The second kappa shape index (κ2) is 7.67. The number of anilines is 1. The summed E-state index contributed by atoms with van der Waals surface area (Å²) in [6, 6.07) is 4.07. The van der Waals surface area contributed by atoms with Crippen LogP contribution in [0.5, 0.6) is 0 Å². The molecule has 0 unspecified atom stereocenters. The van der Waals surface area contributed by atoms with Crippen molar-refractivity contribution < 1.29 is 18.1 Å². The number of sulfonamides is 1. The number of nitro benzene ring substituents is 1. The Labute approximate surface area is 147 Å². The summed E-state index contributed by atoms with van der Waals surface area (Å²) < 4.78 is 32.3. The Hall–Kier alpha value is -1.71. The number of hydrogen-bond donors (Lipinski definition) is 1. The third kappa shape index (κ3) is 4.10. The van der Waals surface area contributed by atoms with Crippen molar-refractivity contribution >= 4 is 21.4 Å². The highest BCUT2D eigenvalue weighted by Gasteiger charge is 2.28. The number of nitrogens with one attached hydrogen (secondary N) is 1. The minimum Gasteiger partial charge on any atom is -0.377 e. The predicted octanol–water partition coefficient (Wildman–Crippen LogP) is 2.36. The predicted molar refractivity (Wildman–Crippen MR) is 93.2 cm³/mol. The molecule has 138 valence electrons. The summed E-state index contributed by atoms with van der Waals surface area (Å²) >= 11 is 0. The lowest BCUT2D eigenvalue weighted by Crippen LogP contribution is -2.35. The van der Waals surface area contributed by atoms with Gasteiger partial charge in [-0.1, -0.05) is 6.42 Å². The largest absolute Gasteiger partial charge is 0.377 e. The summed E-state index contributed by atoms with van der Waals surface area (Å²) in [5, 5.41) is 14.4. The summed E-state index contributed by atoms with van der Waals surface area (Å²) in [5.74, 6) is 0. The topological polar surface area (TPSA) is 102 Å². The molecule has 0 saturated carbocycles. The summed E-state index contributed by atoms with van der Waals surface area (Å²) in [4.78, 5) is 10.8. The van der Waals surface area contributed by atoms with Gasteiger partial charge in [-0.2, -0.15) is 4.31 Å². The van der Waals surface area contributed by atoms with E-state index in [0.29, 0.717) is 31.9 Å². The number of benzene rings is 1. The summed E-state index contributed by atoms with van der Waals surface area (Å²) in [6.07, 6.45) is 4.60. The molecular weight excluding hydrogens is 346 g/mol. The Bertz CT molecular complexity index is 725. The van der Waals surface area contributed by atoms with Crippen LogP contribution in [0.15, 0.2) is 23.1 Å². The van der Waals surface area contributed by atoms with Gasteiger partial charge in [0.05, 0.1) is 15.9 Å². The van der Waals surface area contributed by atoms with E-state index in [1.54, 1.807) is 0 Å². The molecule has 8 nitrogen and oxygen atoms in total. The SMILES string of the molecule is O=[N+]([O-])c1cc(S(=O)(=O)N2CCCCC2)ccc1NC[C@@H]1CCCO1. The van der Waals surface area contributed by atoms with Gasteiger partial charge in [-0.3, -0.25) is 10.1 Å². The monoisotopic (exact) mass is 369 g/mol. The van der Waals surface area contributed by atoms with Crippen LogP contribution < -0.4 is 5.32 Å². The van der Waals surface area contributed by atoms with Crippen LogP contribution >= 0.6 is 0 Å². The van der Waals surface area contributed by atoms with E-state index in [4.69, 9.17) is 4.74 Å². The van der Waals surface area contributed by atoms with Gasteiger partial charge in [0.1, 0.15) is 5.69 Å². The van der Waals surface area contributed by atoms with E-state index in [1.807, 2.05) is 0 Å². The zero-order chi connectivity index (χ0) is 17.9. The number of hydrogen-bond acceptors (Lipinski definition) is 6. The zero-order valence-electron chi connectivity index (χ0n) is 14.0. The maximum atomic E-state index is 12.7. The van der Waals surface area contributed by atoms with E-state index in [2.05, 4.69) is 5.32 Å². The number of piperidine rings is 1. The fourth-order valence-corrected chi connectivity index (χ4v) is 4.79. The zero-order valence-corrected chi connectivity index (χ0v) is 14.8. The van der Waals surface area contributed by atoms with Gasteiger partial charge in [0.15, 0.2) is 0 Å². The van der Waals surface area contributed by atoms with Crippen molar-refractivity contribution in [1.82, 2.24) is 4.31 Å². The van der Waals surface area contributed by atoms with E-state index in [-0.39, 0.29) is 16.7 Å². The molecule has 2 saturated heterocycles. The highest BCUT2D eigenvalue weighted by molar-refractivity contribution is 7.89. The molecular formula is C16H23N3O5S. The number of nitro groups is 1. The molecule has 0 spiro atoms. The Morgan fingerprint density at radius 2 is 2.00 bits per heavy atom. The molecule has 2 aliphatic rings. The summed E-state index contributed by atoms with van der Waals surface area (Å²) in [5.41, 5.74) is 0.0918. The van der Waals surface area contributed by atoms with Gasteiger partial charge in [-0.25, -0.2) is 8.42 Å². The maximum absolute atomic E-state index is 12.7. The quantitative estimate of drug-likeness (QED) is 0.610. The smallest absolute Gasteiger partial charge is 0.293 e. The van der Waals surface area contributed by atoms with E-state index in [9.17, 15) is 18.5 Å². The van der Waals surface area contributed by atoms with E-state index in [1.165, 1.54) is 16.4 Å². The highest BCUT2D eigenvalue weighted by atomic mass is 32.2. The lowest BCUT2D eigenvalue weighted by atomic mass is 10.2. The van der Waals surface area contributed by atoms with Gasteiger partial charge in [-0.15, -0.1) is 0 Å². The van der Waals surface area contributed by atoms with Crippen molar-refractivity contribution in [1.29, 1.82) is 0 Å². The van der Waals surface area contributed by atoms with Crippen LogP contribution in [-0.2, 0) is 14.8 Å². The Kier molecular flexibility index (Phi) is 5.55. The van der Waals surface area contributed by atoms with Crippen molar-refractivity contribution in [2.75, 3.05) is 31.6 Å². The molecule has 0 amide bonds. The Balaban J connectivity index is 1.81. The van der Waals surface area contributed by atoms with E-state index >= 15 is 0 Å². The molecule has 1 aromatic rings. The summed E-state index contributed by atoms with van der Waals surface area (Å²) in [6.45, 7) is 2.12. The molecule has 1 atom stereocenters. The molecule has 2 aliphatic heterocycles. The van der Waals surface area contributed by atoms with Gasteiger partial charge in [-0.05, 0) is 37.8 Å². The second-order valence-corrected chi connectivity index (χ2v) is 8.35. The van der Waals surface area contributed by atoms with Crippen LogP contribution in [0.3, 0.4) is 0 Å². The maximum Gasteiger partial charge on any atom is 0.293 e. The standard InChI is InChI=1S/C16H23N3O5S/c20-19(21)16-11-14(25(22,23)18-8-2-1-3-9-18)6-7-15(16)17-12-13-5-4-10-24-13/h6-7,11,13,17H,1-5,8-10,12H2/t13-/m0/s1. The minimum atomic E-state index is -3.69. The number of ether oxygens (including phenoxy) is 1. The Morgan fingerprint density at radius 1 is 1.24 bits per heavy atom. The first-order valence-electron chi connectivity index (χ1n) is 8.62. The molecule has 0 bridgehead atoms. The van der Waals surface area contributed by atoms with Crippen molar-refractivity contribution in [2.24, 2.45) is 0 Å². The molecule has 0 aliphatic carbocycles. The van der Waals surface area contributed by atoms with Gasteiger partial charge in [0, 0.05) is 32.3 Å². The normalized spacial score (nSPS) is 22.0. The van der Waals surface area contributed by atoms with Crippen LogP contribution in [0.25, 0.3) is 0 Å². The first kappa shape index (κ1) is 18.1. The molecule has 1 N–H and O–H groups in total. The number of rotatable bonds is 6. The van der Waals surface area contributed by atoms with E-state index < -0.39 is 14.9 Å². The average molecular weight is 369 g/mol. The molecule has 3 rings (SSSR count). The first-order chi connectivity index (χ1) is 12.0. The first-order valence-corrected chi connectivity index (χ1v) is 10.1. The summed E-state index contributed by atoms with van der Waals surface area (Å²) in [7, 11) is -3.69. The lowest BCUT2D eigenvalue weighted by molar-refractivity contribution is -0.384. The fraction of sp³-hybridized carbons (Fsp3) is 0.625. The van der Waals surface area contributed by atoms with Crippen molar-refractivity contribution in [2.45, 2.75) is 43.1 Å². The molecule has 25 heavy (non-hydrogen) atoms. The van der Waals surface area contributed by atoms with Crippen LogP contribution in [-0.4, -0.2) is 50.0 Å². The molecule has 2 fully saturated rings. The fourth-order valence-electron chi connectivity index (χ4n) is 3.26. The van der Waals surface area contributed by atoms with Gasteiger partial charge >= 0.3 is 0 Å².